The van der Waals surface area contributed by atoms with Gasteiger partial charge in [-0.2, -0.15) is 14.8 Å². The van der Waals surface area contributed by atoms with Gasteiger partial charge in [-0.05, 0) is 51.1 Å². The van der Waals surface area contributed by atoms with Crippen LogP contribution >= 0.6 is 0 Å². The van der Waals surface area contributed by atoms with Gasteiger partial charge in [0.25, 0.3) is 5.56 Å². The van der Waals surface area contributed by atoms with Gasteiger partial charge in [0.15, 0.2) is 11.5 Å². The summed E-state index contributed by atoms with van der Waals surface area (Å²) in [7, 11) is 4.22. The van der Waals surface area contributed by atoms with Gasteiger partial charge >= 0.3 is 0 Å². The number of nitrogens with zero attached hydrogens (tertiary/aromatic N) is 6. The predicted molar refractivity (Wildman–Crippen MR) is 128 cm³/mol. The summed E-state index contributed by atoms with van der Waals surface area (Å²) in [5.41, 5.74) is 2.80. The fourth-order valence-corrected chi connectivity index (χ4v) is 5.37. The summed E-state index contributed by atoms with van der Waals surface area (Å²) in [6, 6.07) is 12.3. The molecule has 8 nitrogen and oxygen atoms in total. The Balaban J connectivity index is 1.38. The van der Waals surface area contributed by atoms with Crippen molar-refractivity contribution in [3.63, 3.8) is 0 Å². The van der Waals surface area contributed by atoms with Crippen LogP contribution in [0.15, 0.2) is 53.6 Å². The van der Waals surface area contributed by atoms with Crippen LogP contribution in [0.2, 0.25) is 0 Å². The lowest BCUT2D eigenvalue weighted by molar-refractivity contribution is 0.220. The Hall–Kier alpha value is -3.59. The van der Waals surface area contributed by atoms with Crippen LogP contribution < -0.4 is 10.5 Å². The Kier molecular flexibility index (Phi) is 4.77. The van der Waals surface area contributed by atoms with Crippen molar-refractivity contribution in [2.45, 2.75) is 31.3 Å². The largest absolute Gasteiger partial charge is 0.337 e. The Morgan fingerprint density at radius 1 is 1.12 bits per heavy atom. The third-order valence-electron chi connectivity index (χ3n) is 7.22. The van der Waals surface area contributed by atoms with Crippen molar-refractivity contribution in [1.29, 1.82) is 0 Å². The molecule has 0 bridgehead atoms. The van der Waals surface area contributed by atoms with Crippen molar-refractivity contribution in [3.8, 4) is 5.82 Å². The highest BCUT2D eigenvalue weighted by Gasteiger charge is 2.55. The Labute approximate surface area is 196 Å². The van der Waals surface area contributed by atoms with E-state index in [2.05, 4.69) is 70.2 Å². The molecule has 3 unspecified atom stereocenters. The van der Waals surface area contributed by atoms with Crippen LogP contribution in [0.3, 0.4) is 0 Å². The minimum atomic E-state index is -0.433. The van der Waals surface area contributed by atoms with Gasteiger partial charge in [0.05, 0.1) is 12.4 Å². The normalized spacial score (nSPS) is 24.0. The standard InChI is InChI=1S/C25H26FN7O/c1-14-4-6-15(7-5-14)22-17-10-19(17)32(13-20(22)31(2)3)25-29-23-18(24(34)30-25)12-28-33(23)21-9-8-16(26)11-27-21/h4-9,11-12,17,19-20,22H,10,13H2,1-3H3,(H,29,30,34)/t17?,19-,20?,22?/m1/s1. The Bertz CT molecular complexity index is 1410. The number of rotatable bonds is 4. The molecule has 4 aromatic rings. The molecule has 1 aliphatic carbocycles. The van der Waals surface area contributed by atoms with Crippen molar-refractivity contribution < 1.29 is 4.39 Å². The summed E-state index contributed by atoms with van der Waals surface area (Å²) in [5.74, 6) is 1.45. The van der Waals surface area contributed by atoms with Crippen molar-refractivity contribution in [1.82, 2.24) is 29.6 Å². The molecule has 174 valence electrons. The lowest BCUT2D eigenvalue weighted by atomic mass is 9.83. The molecule has 4 atom stereocenters. The number of likely N-dealkylation sites (N-methyl/N-ethyl adjacent to an activating group) is 1. The number of aryl methyl sites for hydroxylation is 1. The first-order chi connectivity index (χ1) is 16.4. The molecular weight excluding hydrogens is 433 g/mol. The highest BCUT2D eigenvalue weighted by Crippen LogP contribution is 2.53. The van der Waals surface area contributed by atoms with Crippen molar-refractivity contribution in [3.05, 3.63) is 76.1 Å². The number of benzene rings is 1. The number of nitrogens with one attached hydrogen (secondary N) is 1. The van der Waals surface area contributed by atoms with E-state index in [4.69, 9.17) is 4.98 Å². The molecule has 0 spiro atoms. The number of fused-ring (bicyclic) bond motifs is 2. The number of aromatic amines is 1. The molecule has 6 rings (SSSR count). The van der Waals surface area contributed by atoms with Gasteiger partial charge in [-0.3, -0.25) is 9.78 Å². The summed E-state index contributed by atoms with van der Waals surface area (Å²) in [6.07, 6.45) is 3.66. The number of H-pyrrole nitrogens is 1. The lowest BCUT2D eigenvalue weighted by Gasteiger charge is -2.42. The maximum Gasteiger partial charge on any atom is 0.263 e. The van der Waals surface area contributed by atoms with E-state index >= 15 is 0 Å². The molecule has 2 fully saturated rings. The summed E-state index contributed by atoms with van der Waals surface area (Å²) in [6.45, 7) is 2.87. The average Bonchev–Trinajstić information content (AvgIpc) is 3.50. The monoisotopic (exact) mass is 459 g/mol. The molecule has 1 N–H and O–H groups in total. The van der Waals surface area contributed by atoms with Crippen LogP contribution in [-0.2, 0) is 0 Å². The second-order valence-corrected chi connectivity index (χ2v) is 9.60. The molecule has 1 saturated heterocycles. The highest BCUT2D eigenvalue weighted by atomic mass is 19.1. The van der Waals surface area contributed by atoms with E-state index in [0.29, 0.717) is 40.7 Å². The van der Waals surface area contributed by atoms with E-state index in [1.807, 2.05) is 0 Å². The molecular formula is C25H26FN7O. The summed E-state index contributed by atoms with van der Waals surface area (Å²) in [5, 5.41) is 4.67. The number of anilines is 1. The van der Waals surface area contributed by atoms with Crippen LogP contribution in [0.5, 0.6) is 0 Å². The number of piperidine rings is 1. The zero-order valence-electron chi connectivity index (χ0n) is 19.3. The number of hydrogen-bond acceptors (Lipinski definition) is 6. The Morgan fingerprint density at radius 2 is 1.91 bits per heavy atom. The highest BCUT2D eigenvalue weighted by molar-refractivity contribution is 5.76. The Morgan fingerprint density at radius 3 is 2.62 bits per heavy atom. The minimum Gasteiger partial charge on any atom is -0.337 e. The van der Waals surface area contributed by atoms with Crippen molar-refractivity contribution in [2.75, 3.05) is 25.5 Å². The van der Waals surface area contributed by atoms with Gasteiger partial charge in [0.1, 0.15) is 11.2 Å². The fourth-order valence-electron chi connectivity index (χ4n) is 5.37. The maximum absolute atomic E-state index is 13.4. The number of hydrogen-bond donors (Lipinski definition) is 1. The third-order valence-corrected chi connectivity index (χ3v) is 7.22. The molecule has 1 saturated carbocycles. The van der Waals surface area contributed by atoms with Crippen molar-refractivity contribution >= 4 is 17.0 Å². The molecule has 4 heterocycles. The second-order valence-electron chi connectivity index (χ2n) is 9.60. The molecule has 1 aliphatic heterocycles. The van der Waals surface area contributed by atoms with E-state index < -0.39 is 5.82 Å². The molecule has 0 amide bonds. The van der Waals surface area contributed by atoms with E-state index in [-0.39, 0.29) is 11.6 Å². The van der Waals surface area contributed by atoms with Crippen LogP contribution in [0.25, 0.3) is 16.9 Å². The maximum atomic E-state index is 13.4. The molecule has 2 aliphatic rings. The quantitative estimate of drug-likeness (QED) is 0.505. The van der Waals surface area contributed by atoms with E-state index in [0.717, 1.165) is 19.2 Å². The van der Waals surface area contributed by atoms with Crippen LogP contribution in [0.4, 0.5) is 10.3 Å². The smallest absolute Gasteiger partial charge is 0.263 e. The van der Waals surface area contributed by atoms with Gasteiger partial charge in [0, 0.05) is 24.5 Å². The molecule has 0 radical (unpaired) electrons. The number of pyridine rings is 1. The van der Waals surface area contributed by atoms with Crippen LogP contribution in [-0.4, -0.2) is 62.4 Å². The van der Waals surface area contributed by atoms with Gasteiger partial charge < -0.3 is 9.80 Å². The topological polar surface area (TPSA) is 82.9 Å². The van der Waals surface area contributed by atoms with E-state index in [1.54, 1.807) is 0 Å². The molecule has 1 aromatic carbocycles. The molecule has 3 aromatic heterocycles. The second kappa shape index (κ2) is 7.73. The SMILES string of the molecule is Cc1ccc(C2C3C[C@H]3N(c3nc4c(cnn4-c4ccc(F)cn4)c(=O)[nH]3)CC2N(C)C)cc1. The zero-order valence-corrected chi connectivity index (χ0v) is 19.3. The number of halogens is 1. The average molecular weight is 460 g/mol. The predicted octanol–water partition coefficient (Wildman–Crippen LogP) is 2.87. The van der Waals surface area contributed by atoms with Gasteiger partial charge in [-0.25, -0.2) is 9.37 Å². The zero-order chi connectivity index (χ0) is 23.6. The molecule has 9 heteroatoms. The lowest BCUT2D eigenvalue weighted by Crippen LogP contribution is -2.51. The first kappa shape index (κ1) is 21.0. The van der Waals surface area contributed by atoms with Gasteiger partial charge in [-0.1, -0.05) is 29.8 Å². The third kappa shape index (κ3) is 3.38. The molecule has 34 heavy (non-hydrogen) atoms. The first-order valence-electron chi connectivity index (χ1n) is 11.5. The summed E-state index contributed by atoms with van der Waals surface area (Å²) >= 11 is 0. The van der Waals surface area contributed by atoms with Crippen molar-refractivity contribution in [2.24, 2.45) is 5.92 Å². The fraction of sp³-hybridized carbons (Fsp3) is 0.360. The van der Waals surface area contributed by atoms with Gasteiger partial charge in [-0.15, -0.1) is 0 Å². The van der Waals surface area contributed by atoms with Crippen LogP contribution in [0.1, 0.15) is 23.5 Å². The van der Waals surface area contributed by atoms with E-state index in [1.165, 1.54) is 34.1 Å². The van der Waals surface area contributed by atoms with E-state index in [9.17, 15) is 9.18 Å². The first-order valence-corrected chi connectivity index (χ1v) is 11.5. The summed E-state index contributed by atoms with van der Waals surface area (Å²) in [4.78, 5) is 29.3. The summed E-state index contributed by atoms with van der Waals surface area (Å²) < 4.78 is 14.8. The minimum absolute atomic E-state index is 0.243. The van der Waals surface area contributed by atoms with Crippen LogP contribution in [0, 0.1) is 18.7 Å². The van der Waals surface area contributed by atoms with Gasteiger partial charge in [0.2, 0.25) is 5.95 Å². The number of aromatic nitrogens is 5.